The molecule has 1 aromatic carbocycles. The number of thioether (sulfide) groups is 1. The number of morpholine rings is 1. The molecule has 2 unspecified atom stereocenters. The Balaban J connectivity index is 1.62. The number of likely N-dealkylation sites (tertiary alicyclic amines) is 1. The predicted octanol–water partition coefficient (Wildman–Crippen LogP) is 2.29. The minimum atomic E-state index is 0.193. The number of guanidine groups is 1. The summed E-state index contributed by atoms with van der Waals surface area (Å²) in [7, 11) is 1.87. The van der Waals surface area contributed by atoms with Crippen molar-refractivity contribution in [3.05, 3.63) is 35.9 Å². The number of aliphatic imine (C=N–C) groups is 1. The van der Waals surface area contributed by atoms with Crippen molar-refractivity contribution in [3.63, 3.8) is 0 Å². The quantitative estimate of drug-likeness (QED) is 0.631. The zero-order valence-electron chi connectivity index (χ0n) is 16.4. The van der Waals surface area contributed by atoms with Crippen LogP contribution in [0.2, 0.25) is 0 Å². The molecule has 0 aromatic heterocycles. The summed E-state index contributed by atoms with van der Waals surface area (Å²) in [6, 6.07) is 11.2. The number of hydrogen-bond acceptors (Lipinski definition) is 4. The SMILES string of the molecule is CN=C(NCC(C)(C)SC)N1CC2OCCN(Cc3ccccc3)C2C1. The second kappa shape index (κ2) is 8.63. The number of ether oxygens (including phenoxy) is 1. The minimum Gasteiger partial charge on any atom is -0.373 e. The zero-order chi connectivity index (χ0) is 18.6. The van der Waals surface area contributed by atoms with Crippen molar-refractivity contribution in [3.8, 4) is 0 Å². The van der Waals surface area contributed by atoms with Gasteiger partial charge >= 0.3 is 0 Å². The summed E-state index contributed by atoms with van der Waals surface area (Å²) in [6.07, 6.45) is 2.42. The lowest BCUT2D eigenvalue weighted by atomic mass is 10.1. The van der Waals surface area contributed by atoms with Crippen LogP contribution in [0.3, 0.4) is 0 Å². The van der Waals surface area contributed by atoms with E-state index in [2.05, 4.69) is 70.5 Å². The predicted molar refractivity (Wildman–Crippen MR) is 111 cm³/mol. The number of hydrogen-bond donors (Lipinski definition) is 1. The standard InChI is InChI=1S/C20H32N4OS/c1-20(2,26-4)15-22-19(21-3)24-13-17-18(14-24)25-11-10-23(17)12-16-8-6-5-7-9-16/h5-9,17-18H,10-15H2,1-4H3,(H,21,22). The van der Waals surface area contributed by atoms with Crippen molar-refractivity contribution in [1.82, 2.24) is 15.1 Å². The molecule has 26 heavy (non-hydrogen) atoms. The van der Waals surface area contributed by atoms with Gasteiger partial charge in [0.15, 0.2) is 5.96 Å². The Bertz CT molecular complexity index is 607. The minimum absolute atomic E-state index is 0.193. The second-order valence-corrected chi connectivity index (χ2v) is 9.22. The van der Waals surface area contributed by atoms with Crippen LogP contribution < -0.4 is 5.32 Å². The maximum absolute atomic E-state index is 6.09. The third kappa shape index (κ3) is 4.72. The molecule has 2 heterocycles. The summed E-state index contributed by atoms with van der Waals surface area (Å²) in [5.41, 5.74) is 1.37. The van der Waals surface area contributed by atoms with E-state index in [1.54, 1.807) is 0 Å². The fourth-order valence-electron chi connectivity index (χ4n) is 3.64. The van der Waals surface area contributed by atoms with Crippen molar-refractivity contribution in [1.29, 1.82) is 0 Å². The fourth-order valence-corrected chi connectivity index (χ4v) is 3.86. The Morgan fingerprint density at radius 3 is 2.77 bits per heavy atom. The molecule has 5 nitrogen and oxygen atoms in total. The van der Waals surface area contributed by atoms with Crippen LogP contribution in [0.5, 0.6) is 0 Å². The molecule has 1 N–H and O–H groups in total. The fraction of sp³-hybridized carbons (Fsp3) is 0.650. The van der Waals surface area contributed by atoms with Crippen molar-refractivity contribution < 1.29 is 4.74 Å². The molecular formula is C20H32N4OS. The third-order valence-corrected chi connectivity index (χ3v) is 6.63. The Kier molecular flexibility index (Phi) is 6.48. The Hall–Kier alpha value is -1.24. The maximum Gasteiger partial charge on any atom is 0.193 e. The first-order valence-electron chi connectivity index (χ1n) is 9.43. The van der Waals surface area contributed by atoms with Gasteiger partial charge in [-0.25, -0.2) is 0 Å². The summed E-state index contributed by atoms with van der Waals surface area (Å²) >= 11 is 1.87. The van der Waals surface area contributed by atoms with Crippen molar-refractivity contribution in [2.45, 2.75) is 37.3 Å². The normalized spacial score (nSPS) is 24.6. The Labute approximate surface area is 162 Å². The number of fused-ring (bicyclic) bond motifs is 1. The van der Waals surface area contributed by atoms with E-state index in [0.717, 1.165) is 45.3 Å². The van der Waals surface area contributed by atoms with Gasteiger partial charge in [-0.1, -0.05) is 30.3 Å². The molecule has 0 radical (unpaired) electrons. The van der Waals surface area contributed by atoms with E-state index in [1.165, 1.54) is 5.56 Å². The van der Waals surface area contributed by atoms with Crippen LogP contribution in [-0.4, -0.2) is 78.7 Å². The van der Waals surface area contributed by atoms with Gasteiger partial charge in [-0.2, -0.15) is 11.8 Å². The molecule has 0 bridgehead atoms. The van der Waals surface area contributed by atoms with Crippen LogP contribution in [0.1, 0.15) is 19.4 Å². The van der Waals surface area contributed by atoms with Crippen LogP contribution in [0.15, 0.2) is 35.3 Å². The van der Waals surface area contributed by atoms with Gasteiger partial charge in [0.2, 0.25) is 0 Å². The van der Waals surface area contributed by atoms with Crippen molar-refractivity contribution in [2.24, 2.45) is 4.99 Å². The molecule has 2 saturated heterocycles. The van der Waals surface area contributed by atoms with E-state index in [9.17, 15) is 0 Å². The molecule has 144 valence electrons. The molecule has 2 atom stereocenters. The molecule has 2 fully saturated rings. The average Bonchev–Trinajstić information content (AvgIpc) is 3.08. The average molecular weight is 377 g/mol. The van der Waals surface area contributed by atoms with Gasteiger partial charge in [-0.3, -0.25) is 9.89 Å². The molecule has 6 heteroatoms. The van der Waals surface area contributed by atoms with Crippen LogP contribution in [0, 0.1) is 0 Å². The van der Waals surface area contributed by atoms with Gasteiger partial charge < -0.3 is 15.0 Å². The molecule has 2 aliphatic heterocycles. The number of nitrogens with one attached hydrogen (secondary N) is 1. The molecule has 3 rings (SSSR count). The smallest absolute Gasteiger partial charge is 0.193 e. The first kappa shape index (κ1) is 19.5. The number of rotatable bonds is 5. The lowest BCUT2D eigenvalue weighted by molar-refractivity contribution is -0.0502. The lowest BCUT2D eigenvalue weighted by Crippen LogP contribution is -2.50. The van der Waals surface area contributed by atoms with E-state index in [1.807, 2.05) is 18.8 Å². The molecule has 0 aliphatic carbocycles. The topological polar surface area (TPSA) is 40.1 Å². The highest BCUT2D eigenvalue weighted by molar-refractivity contribution is 7.99. The molecule has 1 aromatic rings. The first-order valence-corrected chi connectivity index (χ1v) is 10.7. The Morgan fingerprint density at radius 1 is 1.31 bits per heavy atom. The summed E-state index contributed by atoms with van der Waals surface area (Å²) in [5.74, 6) is 0.991. The second-order valence-electron chi connectivity index (χ2n) is 7.70. The highest BCUT2D eigenvalue weighted by atomic mass is 32.2. The van der Waals surface area contributed by atoms with E-state index in [4.69, 9.17) is 4.74 Å². The molecule has 0 saturated carbocycles. The van der Waals surface area contributed by atoms with Gasteiger partial charge in [-0.05, 0) is 25.7 Å². The highest BCUT2D eigenvalue weighted by Gasteiger charge is 2.41. The zero-order valence-corrected chi connectivity index (χ0v) is 17.3. The highest BCUT2D eigenvalue weighted by Crippen LogP contribution is 2.25. The van der Waals surface area contributed by atoms with E-state index in [0.29, 0.717) is 6.04 Å². The summed E-state index contributed by atoms with van der Waals surface area (Å²) in [4.78, 5) is 9.45. The maximum atomic E-state index is 6.09. The first-order chi connectivity index (χ1) is 12.5. The van der Waals surface area contributed by atoms with Crippen LogP contribution in [0.4, 0.5) is 0 Å². The molecular weight excluding hydrogens is 344 g/mol. The van der Waals surface area contributed by atoms with E-state index in [-0.39, 0.29) is 10.9 Å². The van der Waals surface area contributed by atoms with E-state index >= 15 is 0 Å². The Morgan fingerprint density at radius 2 is 2.08 bits per heavy atom. The van der Waals surface area contributed by atoms with Crippen LogP contribution >= 0.6 is 11.8 Å². The van der Waals surface area contributed by atoms with Gasteiger partial charge in [0.25, 0.3) is 0 Å². The van der Waals surface area contributed by atoms with Crippen molar-refractivity contribution in [2.75, 3.05) is 46.1 Å². The monoisotopic (exact) mass is 376 g/mol. The number of benzene rings is 1. The third-order valence-electron chi connectivity index (χ3n) is 5.38. The summed E-state index contributed by atoms with van der Waals surface area (Å²) in [5, 5.41) is 3.56. The van der Waals surface area contributed by atoms with Gasteiger partial charge in [0.1, 0.15) is 0 Å². The lowest BCUT2D eigenvalue weighted by Gasteiger charge is -2.36. The van der Waals surface area contributed by atoms with E-state index < -0.39 is 0 Å². The largest absolute Gasteiger partial charge is 0.373 e. The van der Waals surface area contributed by atoms with Crippen molar-refractivity contribution >= 4 is 17.7 Å². The molecule has 0 spiro atoms. The molecule has 2 aliphatic rings. The summed E-state index contributed by atoms with van der Waals surface area (Å²) < 4.78 is 6.28. The number of nitrogens with zero attached hydrogens (tertiary/aromatic N) is 3. The van der Waals surface area contributed by atoms with Gasteiger partial charge in [0, 0.05) is 44.5 Å². The van der Waals surface area contributed by atoms with Gasteiger partial charge in [0.05, 0.1) is 18.8 Å². The summed E-state index contributed by atoms with van der Waals surface area (Å²) in [6.45, 7) is 10.1. The molecule has 0 amide bonds. The van der Waals surface area contributed by atoms with Gasteiger partial charge in [-0.15, -0.1) is 0 Å². The van der Waals surface area contributed by atoms with Crippen LogP contribution in [0.25, 0.3) is 0 Å². The van der Waals surface area contributed by atoms with Crippen LogP contribution in [-0.2, 0) is 11.3 Å².